The fourth-order valence-electron chi connectivity index (χ4n) is 6.52. The molecule has 2 aromatic heterocycles. The fraction of sp³-hybridized carbons (Fsp3) is 0.706. The molecule has 4 heterocycles. The number of piperidine rings is 1. The molecule has 0 N–H and O–H groups in total. The molecule has 44 heavy (non-hydrogen) atoms. The lowest BCUT2D eigenvalue weighted by Gasteiger charge is -2.47. The van der Waals surface area contributed by atoms with Crippen LogP contribution < -0.4 is 0 Å². The quantitative estimate of drug-likeness (QED) is 0.233. The van der Waals surface area contributed by atoms with Gasteiger partial charge in [0.15, 0.2) is 5.78 Å². The number of likely N-dealkylation sites (tertiary alicyclic amines) is 1. The molecular formula is C34H52N4O6. The van der Waals surface area contributed by atoms with Gasteiger partial charge in [-0.25, -0.2) is 9.78 Å². The highest BCUT2D eigenvalue weighted by molar-refractivity contribution is 5.97. The monoisotopic (exact) mass is 612 g/mol. The molecule has 0 radical (unpaired) electrons. The third kappa shape index (κ3) is 8.81. The average Bonchev–Trinajstić information content (AvgIpc) is 3.36. The van der Waals surface area contributed by atoms with Crippen molar-refractivity contribution in [2.45, 2.75) is 85.2 Å². The van der Waals surface area contributed by atoms with Crippen LogP contribution in [0.25, 0.3) is 5.65 Å². The minimum Gasteiger partial charge on any atom is -0.444 e. The zero-order valence-corrected chi connectivity index (χ0v) is 27.6. The van der Waals surface area contributed by atoms with Gasteiger partial charge in [0.2, 0.25) is 5.91 Å². The summed E-state index contributed by atoms with van der Waals surface area (Å²) in [6, 6.07) is 5.80. The summed E-state index contributed by atoms with van der Waals surface area (Å²) in [5.41, 5.74) is 0.868. The number of carbonyl (C=O) groups is 3. The molecule has 0 aliphatic carbocycles. The molecule has 244 valence electrons. The van der Waals surface area contributed by atoms with E-state index in [0.717, 1.165) is 37.0 Å². The Morgan fingerprint density at radius 2 is 1.86 bits per heavy atom. The molecule has 0 aromatic carbocycles. The Labute approximate surface area is 262 Å². The maximum Gasteiger partial charge on any atom is 0.410 e. The van der Waals surface area contributed by atoms with E-state index in [4.69, 9.17) is 19.2 Å². The van der Waals surface area contributed by atoms with Crippen LogP contribution in [0.1, 0.15) is 89.3 Å². The van der Waals surface area contributed by atoms with Crippen molar-refractivity contribution < 1.29 is 28.6 Å². The van der Waals surface area contributed by atoms with E-state index in [-0.39, 0.29) is 24.7 Å². The Hall–Kier alpha value is -2.98. The van der Waals surface area contributed by atoms with Crippen LogP contribution in [0.4, 0.5) is 4.79 Å². The Morgan fingerprint density at radius 3 is 2.55 bits per heavy atom. The molecule has 2 fully saturated rings. The molecule has 10 nitrogen and oxygen atoms in total. The lowest BCUT2D eigenvalue weighted by Crippen LogP contribution is -2.56. The van der Waals surface area contributed by atoms with Gasteiger partial charge in [0, 0.05) is 52.5 Å². The normalized spacial score (nSPS) is 21.2. The van der Waals surface area contributed by atoms with Crippen molar-refractivity contribution >= 4 is 23.4 Å². The zero-order chi connectivity index (χ0) is 31.9. The number of amides is 2. The Balaban J connectivity index is 1.69. The van der Waals surface area contributed by atoms with Gasteiger partial charge >= 0.3 is 6.09 Å². The van der Waals surface area contributed by atoms with Gasteiger partial charge in [0.1, 0.15) is 16.9 Å². The molecule has 0 bridgehead atoms. The van der Waals surface area contributed by atoms with Crippen molar-refractivity contribution in [2.75, 3.05) is 53.1 Å². The maximum atomic E-state index is 14.4. The molecule has 0 saturated carbocycles. The number of imidazole rings is 1. The van der Waals surface area contributed by atoms with Gasteiger partial charge in [-0.15, -0.1) is 0 Å². The molecule has 2 aromatic rings. The van der Waals surface area contributed by atoms with E-state index in [1.54, 1.807) is 12.0 Å². The fourth-order valence-corrected chi connectivity index (χ4v) is 6.52. The topological polar surface area (TPSA) is 103 Å². The number of morpholine rings is 1. The van der Waals surface area contributed by atoms with Crippen molar-refractivity contribution in [1.29, 1.82) is 0 Å². The number of hydrogen-bond donors (Lipinski definition) is 0. The highest BCUT2D eigenvalue weighted by atomic mass is 16.6. The van der Waals surface area contributed by atoms with Crippen LogP contribution in [-0.4, -0.2) is 95.7 Å². The van der Waals surface area contributed by atoms with E-state index in [1.807, 2.05) is 54.5 Å². The minimum absolute atomic E-state index is 0.0227. The third-order valence-electron chi connectivity index (χ3n) is 8.66. The molecule has 0 spiro atoms. The Bertz CT molecular complexity index is 1280. The second-order valence-corrected chi connectivity index (χ2v) is 14.0. The van der Waals surface area contributed by atoms with Crippen molar-refractivity contribution in [2.24, 2.45) is 17.3 Å². The summed E-state index contributed by atoms with van der Waals surface area (Å²) >= 11 is 0. The van der Waals surface area contributed by atoms with Gasteiger partial charge in [-0.2, -0.15) is 0 Å². The first kappa shape index (κ1) is 33.9. The highest BCUT2D eigenvalue weighted by Gasteiger charge is 2.47. The van der Waals surface area contributed by atoms with E-state index in [2.05, 4.69) is 13.8 Å². The molecule has 2 aliphatic rings. The van der Waals surface area contributed by atoms with Gasteiger partial charge in [0.05, 0.1) is 24.8 Å². The minimum atomic E-state index is -0.678. The summed E-state index contributed by atoms with van der Waals surface area (Å²) in [7, 11) is 1.70. The third-order valence-corrected chi connectivity index (χ3v) is 8.66. The SMILES string of the molecule is COCCCCc1c(C(=O)C[C@]2(CCC(C)C)C[C@@H](C(=O)N3CCOCC3)CN(C(=O)OC(C)(C)C)C2)nc2ccccn12. The number of aryl methyl sites for hydroxylation is 1. The average molecular weight is 613 g/mol. The molecule has 10 heteroatoms. The van der Waals surface area contributed by atoms with E-state index in [9.17, 15) is 14.4 Å². The summed E-state index contributed by atoms with van der Waals surface area (Å²) in [6.45, 7) is 13.3. The first-order valence-electron chi connectivity index (χ1n) is 16.2. The van der Waals surface area contributed by atoms with Crippen LogP contribution >= 0.6 is 0 Å². The number of unbranched alkanes of at least 4 members (excludes halogenated alkanes) is 1. The summed E-state index contributed by atoms with van der Waals surface area (Å²) in [4.78, 5) is 50.2. The largest absolute Gasteiger partial charge is 0.444 e. The van der Waals surface area contributed by atoms with E-state index < -0.39 is 23.0 Å². The standard InChI is InChI=1S/C34H52N4O6/c1-25(2)13-14-34(22-28(39)30-27(11-8-10-18-42-6)38-15-9-7-12-29(38)35-30)21-26(31(40)36-16-19-43-20-17-36)23-37(24-34)32(41)44-33(3,4)5/h7,9,12,15,25-26H,8,10-11,13-14,16-24H2,1-6H3/t26-,34+/m1/s1. The predicted octanol–water partition coefficient (Wildman–Crippen LogP) is 5.41. The Morgan fingerprint density at radius 1 is 1.11 bits per heavy atom. The van der Waals surface area contributed by atoms with Gasteiger partial charge in [-0.05, 0) is 76.3 Å². The van der Waals surface area contributed by atoms with Crippen LogP contribution in [-0.2, 0) is 25.4 Å². The summed E-state index contributed by atoms with van der Waals surface area (Å²) in [5.74, 6) is -0.0416. The number of ketones is 1. The number of aromatic nitrogens is 2. The maximum absolute atomic E-state index is 14.4. The van der Waals surface area contributed by atoms with Gasteiger partial charge in [-0.3, -0.25) is 9.59 Å². The van der Waals surface area contributed by atoms with Gasteiger partial charge < -0.3 is 28.4 Å². The molecule has 4 rings (SSSR count). The van der Waals surface area contributed by atoms with Crippen LogP contribution in [0, 0.1) is 17.3 Å². The molecule has 2 atom stereocenters. The van der Waals surface area contributed by atoms with E-state index in [0.29, 0.717) is 63.9 Å². The van der Waals surface area contributed by atoms with Crippen LogP contribution in [0.2, 0.25) is 0 Å². The number of carbonyl (C=O) groups excluding carboxylic acids is 3. The summed E-state index contributed by atoms with van der Waals surface area (Å²) in [6.07, 6.45) is 6.33. The highest BCUT2D eigenvalue weighted by Crippen LogP contribution is 2.43. The number of rotatable bonds is 12. The van der Waals surface area contributed by atoms with Gasteiger partial charge in [-0.1, -0.05) is 26.3 Å². The number of methoxy groups -OCH3 is 1. The summed E-state index contributed by atoms with van der Waals surface area (Å²) < 4.78 is 18.6. The van der Waals surface area contributed by atoms with Crippen molar-refractivity contribution in [3.8, 4) is 0 Å². The van der Waals surface area contributed by atoms with Crippen molar-refractivity contribution in [1.82, 2.24) is 19.2 Å². The molecule has 2 aliphatic heterocycles. The van der Waals surface area contributed by atoms with Crippen molar-refractivity contribution in [3.05, 3.63) is 35.8 Å². The molecule has 0 unspecified atom stereocenters. The number of fused-ring (bicyclic) bond motifs is 1. The number of ether oxygens (including phenoxy) is 3. The number of nitrogens with zero attached hydrogens (tertiary/aromatic N) is 4. The lowest BCUT2D eigenvalue weighted by atomic mass is 9.68. The first-order valence-corrected chi connectivity index (χ1v) is 16.2. The Kier molecular flexibility index (Phi) is 11.5. The molecule has 2 amide bonds. The van der Waals surface area contributed by atoms with Crippen molar-refractivity contribution in [3.63, 3.8) is 0 Å². The smallest absolute Gasteiger partial charge is 0.410 e. The second kappa shape index (κ2) is 14.9. The van der Waals surface area contributed by atoms with E-state index >= 15 is 0 Å². The van der Waals surface area contributed by atoms with Crippen LogP contribution in [0.5, 0.6) is 0 Å². The molecule has 2 saturated heterocycles. The van der Waals surface area contributed by atoms with Crippen LogP contribution in [0.3, 0.4) is 0 Å². The number of pyridine rings is 1. The van der Waals surface area contributed by atoms with E-state index in [1.165, 1.54) is 0 Å². The number of hydrogen-bond acceptors (Lipinski definition) is 7. The summed E-state index contributed by atoms with van der Waals surface area (Å²) in [5, 5.41) is 0. The predicted molar refractivity (Wildman–Crippen MR) is 169 cm³/mol. The lowest BCUT2D eigenvalue weighted by molar-refractivity contribution is -0.143. The first-order chi connectivity index (χ1) is 20.9. The molecular weight excluding hydrogens is 560 g/mol. The second-order valence-electron chi connectivity index (χ2n) is 14.0. The van der Waals surface area contributed by atoms with Crippen LogP contribution in [0.15, 0.2) is 24.4 Å². The van der Waals surface area contributed by atoms with Gasteiger partial charge in [0.25, 0.3) is 0 Å². The number of Topliss-reactive ketones (excluding diaryl/α,β-unsaturated/α-hetero) is 1. The zero-order valence-electron chi connectivity index (χ0n) is 27.6.